The van der Waals surface area contributed by atoms with E-state index in [9.17, 15) is 18.3 Å². The molecule has 2 aromatic carbocycles. The summed E-state index contributed by atoms with van der Waals surface area (Å²) in [5.74, 6) is -1.02. The number of aromatic carboxylic acids is 1. The molecule has 2 aliphatic rings. The van der Waals surface area contributed by atoms with Gasteiger partial charge in [0.15, 0.2) is 0 Å². The molecule has 1 aromatic heterocycles. The number of aromatic nitrogens is 2. The number of carbonyl (C=O) groups is 1. The molecule has 0 bridgehead atoms. The van der Waals surface area contributed by atoms with Crippen LogP contribution in [-0.2, 0) is 10.0 Å². The molecular formula is C25H26N6O4S. The molecule has 0 saturated carbocycles. The maximum absolute atomic E-state index is 13.4. The number of hydrogen-bond acceptors (Lipinski definition) is 8. The highest BCUT2D eigenvalue weighted by Gasteiger charge is 2.38. The van der Waals surface area contributed by atoms with Gasteiger partial charge in [-0.1, -0.05) is 18.2 Å². The van der Waals surface area contributed by atoms with Gasteiger partial charge in [0, 0.05) is 43.1 Å². The van der Waals surface area contributed by atoms with Crippen LogP contribution in [0.4, 0.5) is 23.0 Å². The van der Waals surface area contributed by atoms with Crippen molar-refractivity contribution in [2.45, 2.75) is 4.90 Å². The first-order valence-corrected chi connectivity index (χ1v) is 12.9. The van der Waals surface area contributed by atoms with Crippen molar-refractivity contribution in [2.75, 3.05) is 54.3 Å². The van der Waals surface area contributed by atoms with Gasteiger partial charge in [-0.25, -0.2) is 23.2 Å². The first-order chi connectivity index (χ1) is 17.3. The molecule has 1 saturated heterocycles. The number of carboxylic acids is 1. The quantitative estimate of drug-likeness (QED) is 0.486. The monoisotopic (exact) mass is 506 g/mol. The van der Waals surface area contributed by atoms with Crippen molar-refractivity contribution in [3.8, 4) is 11.3 Å². The minimum atomic E-state index is -4.09. The fourth-order valence-electron chi connectivity index (χ4n) is 4.48. The average molecular weight is 507 g/mol. The average Bonchev–Trinajstić information content (AvgIpc) is 2.87. The second kappa shape index (κ2) is 9.25. The Hall–Kier alpha value is -3.96. The lowest BCUT2D eigenvalue weighted by Gasteiger charge is -2.34. The molecule has 186 valence electrons. The number of rotatable bonds is 6. The van der Waals surface area contributed by atoms with Crippen molar-refractivity contribution in [3.05, 3.63) is 66.9 Å². The SMILES string of the molecule is C=CCN1c2c(C(=O)O)cccc2-c2nc(Nc3ccc(N4CCN(C)CC4)cc3)ncc2S1(=O)=O. The van der Waals surface area contributed by atoms with Crippen molar-refractivity contribution in [2.24, 2.45) is 0 Å². The smallest absolute Gasteiger partial charge is 0.337 e. The first kappa shape index (κ1) is 23.8. The number of sulfonamides is 1. The van der Waals surface area contributed by atoms with Crippen LogP contribution in [0.3, 0.4) is 0 Å². The molecule has 36 heavy (non-hydrogen) atoms. The lowest BCUT2D eigenvalue weighted by molar-refractivity contribution is 0.0698. The number of nitrogens with one attached hydrogen (secondary N) is 1. The van der Waals surface area contributed by atoms with Crippen molar-refractivity contribution in [1.29, 1.82) is 0 Å². The van der Waals surface area contributed by atoms with Crippen LogP contribution in [-0.4, -0.2) is 74.1 Å². The minimum Gasteiger partial charge on any atom is -0.478 e. The van der Waals surface area contributed by atoms with E-state index in [2.05, 4.69) is 38.7 Å². The van der Waals surface area contributed by atoms with Gasteiger partial charge < -0.3 is 20.2 Å². The molecule has 5 rings (SSSR count). The van der Waals surface area contributed by atoms with Crippen LogP contribution in [0.15, 0.2) is 66.2 Å². The van der Waals surface area contributed by atoms with Crippen molar-refractivity contribution in [1.82, 2.24) is 14.9 Å². The largest absolute Gasteiger partial charge is 0.478 e. The summed E-state index contributed by atoms with van der Waals surface area (Å²) in [6.07, 6.45) is 2.67. The topological polar surface area (TPSA) is 119 Å². The van der Waals surface area contributed by atoms with Gasteiger partial charge in [0.05, 0.1) is 29.7 Å². The second-order valence-corrected chi connectivity index (χ2v) is 10.5. The number of fused-ring (bicyclic) bond motifs is 3. The van der Waals surface area contributed by atoms with Gasteiger partial charge in [-0.3, -0.25) is 4.31 Å². The van der Waals surface area contributed by atoms with E-state index in [0.717, 1.165) is 41.9 Å². The van der Waals surface area contributed by atoms with Crippen LogP contribution in [0.2, 0.25) is 0 Å². The summed E-state index contributed by atoms with van der Waals surface area (Å²) in [6, 6.07) is 12.5. The van der Waals surface area contributed by atoms with Crippen LogP contribution in [0, 0.1) is 0 Å². The maximum atomic E-state index is 13.4. The van der Waals surface area contributed by atoms with Gasteiger partial charge in [0.25, 0.3) is 10.0 Å². The van der Waals surface area contributed by atoms with Crippen molar-refractivity contribution in [3.63, 3.8) is 0 Å². The molecule has 10 nitrogen and oxygen atoms in total. The summed E-state index contributed by atoms with van der Waals surface area (Å²) in [4.78, 5) is 25.2. The third kappa shape index (κ3) is 4.16. The number of benzene rings is 2. The van der Waals surface area contributed by atoms with Crippen molar-refractivity contribution >= 4 is 39.0 Å². The molecule has 2 N–H and O–H groups in total. The third-order valence-electron chi connectivity index (χ3n) is 6.38. The second-order valence-electron chi connectivity index (χ2n) is 8.70. The lowest BCUT2D eigenvalue weighted by atomic mass is 10.0. The zero-order valence-electron chi connectivity index (χ0n) is 19.8. The van der Waals surface area contributed by atoms with Gasteiger partial charge >= 0.3 is 5.97 Å². The van der Waals surface area contributed by atoms with E-state index in [1.54, 1.807) is 12.1 Å². The Balaban J connectivity index is 1.49. The number of carboxylic acid groups (broad SMARTS) is 1. The number of nitrogens with zero attached hydrogens (tertiary/aromatic N) is 5. The predicted molar refractivity (Wildman–Crippen MR) is 139 cm³/mol. The number of piperazine rings is 1. The maximum Gasteiger partial charge on any atom is 0.337 e. The third-order valence-corrected chi connectivity index (χ3v) is 8.15. The molecule has 3 aromatic rings. The van der Waals surface area contributed by atoms with E-state index in [1.807, 2.05) is 24.3 Å². The van der Waals surface area contributed by atoms with Crippen LogP contribution in [0.1, 0.15) is 10.4 Å². The highest BCUT2D eigenvalue weighted by Crippen LogP contribution is 2.44. The van der Waals surface area contributed by atoms with Gasteiger partial charge in [0.2, 0.25) is 5.95 Å². The summed E-state index contributed by atoms with van der Waals surface area (Å²) in [7, 11) is -1.97. The normalized spacial score (nSPS) is 16.7. The fraction of sp³-hybridized carbons (Fsp3) is 0.240. The summed E-state index contributed by atoms with van der Waals surface area (Å²) in [5.41, 5.74) is 2.37. The van der Waals surface area contributed by atoms with E-state index >= 15 is 0 Å². The van der Waals surface area contributed by atoms with Gasteiger partial charge in [-0.05, 0) is 37.4 Å². The molecule has 0 unspecified atom stereocenters. The van der Waals surface area contributed by atoms with E-state index < -0.39 is 16.0 Å². The van der Waals surface area contributed by atoms with E-state index in [4.69, 9.17) is 0 Å². The predicted octanol–water partition coefficient (Wildman–Crippen LogP) is 3.03. The minimum absolute atomic E-state index is 0.0681. The lowest BCUT2D eigenvalue weighted by Crippen LogP contribution is -2.44. The van der Waals surface area contributed by atoms with Crippen molar-refractivity contribution < 1.29 is 18.3 Å². The van der Waals surface area contributed by atoms with E-state index in [0.29, 0.717) is 5.56 Å². The van der Waals surface area contributed by atoms with Gasteiger partial charge in [-0.2, -0.15) is 0 Å². The molecule has 0 atom stereocenters. The van der Waals surface area contributed by atoms with E-state index in [1.165, 1.54) is 18.3 Å². The number of likely N-dealkylation sites (N-methyl/N-ethyl adjacent to an activating group) is 1. The molecule has 2 aliphatic heterocycles. The Morgan fingerprint density at radius 2 is 1.86 bits per heavy atom. The van der Waals surface area contributed by atoms with Crippen LogP contribution >= 0.6 is 0 Å². The zero-order chi connectivity index (χ0) is 25.4. The molecule has 0 amide bonds. The van der Waals surface area contributed by atoms with Crippen LogP contribution in [0.5, 0.6) is 0 Å². The molecule has 3 heterocycles. The Kier molecular flexibility index (Phi) is 6.10. The van der Waals surface area contributed by atoms with Crippen LogP contribution < -0.4 is 14.5 Å². The highest BCUT2D eigenvalue weighted by molar-refractivity contribution is 7.93. The Morgan fingerprint density at radius 1 is 1.14 bits per heavy atom. The molecule has 0 aliphatic carbocycles. The summed E-state index contributed by atoms with van der Waals surface area (Å²) in [6.45, 7) is 7.50. The molecule has 0 radical (unpaired) electrons. The Bertz CT molecular complexity index is 1430. The summed E-state index contributed by atoms with van der Waals surface area (Å²) < 4.78 is 27.8. The number of anilines is 4. The number of para-hydroxylation sites is 1. The van der Waals surface area contributed by atoms with Gasteiger partial charge in [0.1, 0.15) is 4.90 Å². The Labute approximate surface area is 209 Å². The molecule has 1 fully saturated rings. The molecule has 0 spiro atoms. The number of hydrogen-bond donors (Lipinski definition) is 2. The standard InChI is InChI=1S/C25H26N6O4S/c1-3-11-31-23-19(5-4-6-20(23)24(32)33)22-21(36(31,34)35)16-26-25(28-22)27-17-7-9-18(10-8-17)30-14-12-29(2)13-15-30/h3-10,16H,1,11-15H2,2H3,(H,32,33)(H,26,27,28). The van der Waals surface area contributed by atoms with E-state index in [-0.39, 0.29) is 34.3 Å². The zero-order valence-corrected chi connectivity index (χ0v) is 20.6. The molecule has 11 heteroatoms. The fourth-order valence-corrected chi connectivity index (χ4v) is 6.05. The summed E-state index contributed by atoms with van der Waals surface area (Å²) in [5, 5.41) is 12.9. The Morgan fingerprint density at radius 3 is 2.53 bits per heavy atom. The first-order valence-electron chi connectivity index (χ1n) is 11.5. The van der Waals surface area contributed by atoms with Crippen LogP contribution in [0.25, 0.3) is 11.3 Å². The highest BCUT2D eigenvalue weighted by atomic mass is 32.2. The molecular weight excluding hydrogens is 480 g/mol. The summed E-state index contributed by atoms with van der Waals surface area (Å²) >= 11 is 0. The van der Waals surface area contributed by atoms with Gasteiger partial charge in [-0.15, -0.1) is 6.58 Å².